The van der Waals surface area contributed by atoms with Gasteiger partial charge in [0.25, 0.3) is 0 Å². The normalized spacial score (nSPS) is 12.6. The van der Waals surface area contributed by atoms with Crippen LogP contribution in [0.2, 0.25) is 0 Å². The quantitative estimate of drug-likeness (QED) is 0.0460. The first-order chi connectivity index (χ1) is 28.3. The first kappa shape index (κ1) is 59.6. The maximum atomic E-state index is 2.54. The van der Waals surface area contributed by atoms with Gasteiger partial charge in [-0.2, -0.15) is 0 Å². The van der Waals surface area contributed by atoms with Gasteiger partial charge in [-0.1, -0.05) is 224 Å². The van der Waals surface area contributed by atoms with Crippen molar-refractivity contribution in [1.82, 2.24) is 0 Å². The molecule has 0 bridgehead atoms. The zero-order chi connectivity index (χ0) is 41.2. The molecule has 0 aromatic rings. The molecule has 0 aliphatic carbocycles. The van der Waals surface area contributed by atoms with E-state index in [-0.39, 0.29) is 12.4 Å². The minimum atomic E-state index is 0. The topological polar surface area (TPSA) is 4.44 Å². The first-order valence-electron chi connectivity index (χ1n) is 27.0. The molecule has 0 aliphatic heterocycles. The molecule has 1 atom stereocenters. The average molecular weight is 833 g/mol. The van der Waals surface area contributed by atoms with Crippen molar-refractivity contribution in [3.05, 3.63) is 36.5 Å². The van der Waals surface area contributed by atoms with E-state index in [1.165, 1.54) is 289 Å². The number of quaternary nitrogens is 1. The molecule has 0 radical (unpaired) electrons. The minimum absolute atomic E-state index is 0. The largest absolute Gasteiger partial charge is 1.00 e. The van der Waals surface area contributed by atoms with Crippen molar-refractivity contribution < 1.29 is 17.3 Å². The van der Waals surface area contributed by atoms with E-state index >= 15 is 0 Å². The van der Waals surface area contributed by atoms with Gasteiger partial charge in [-0.05, 0) is 116 Å². The Morgan fingerprint density at radius 3 is 0.741 bits per heavy atom. The summed E-state index contributed by atoms with van der Waals surface area (Å²) in [4.78, 5) is 1.85. The molecule has 58 heavy (non-hydrogen) atoms. The second-order valence-corrected chi connectivity index (χ2v) is 18.7. The van der Waals surface area contributed by atoms with E-state index in [9.17, 15) is 0 Å². The van der Waals surface area contributed by atoms with Crippen LogP contribution in [0.25, 0.3) is 0 Å². The van der Waals surface area contributed by atoms with Gasteiger partial charge in [0.05, 0.1) is 19.6 Å². The number of hydrogen-bond acceptors (Lipinski definition) is 0. The van der Waals surface area contributed by atoms with Crippen molar-refractivity contribution in [2.45, 2.75) is 309 Å². The number of unbranched alkanes of at least 4 members (excludes halogenated alkanes) is 36. The van der Waals surface area contributed by atoms with Crippen molar-refractivity contribution in [1.29, 1.82) is 0 Å². The Hall–Kier alpha value is -0.530. The molecule has 0 spiro atoms. The van der Waals surface area contributed by atoms with Gasteiger partial charge in [-0.15, -0.1) is 0 Å². The van der Waals surface area contributed by atoms with Crippen molar-refractivity contribution in [2.24, 2.45) is 0 Å². The molecule has 1 N–H and O–H groups in total. The predicted octanol–water partition coefficient (Wildman–Crippen LogP) is 15.8. The summed E-state index contributed by atoms with van der Waals surface area (Å²) in [6, 6.07) is 0.890. The lowest BCUT2D eigenvalue weighted by molar-refractivity contribution is -0.907. The highest BCUT2D eigenvalue weighted by atomic mass is 35.5. The fraction of sp³-hybridized carbons (Fsp3) is 0.893. The van der Waals surface area contributed by atoms with E-state index in [4.69, 9.17) is 0 Å². The molecule has 1 unspecified atom stereocenters. The van der Waals surface area contributed by atoms with Crippen LogP contribution >= 0.6 is 0 Å². The first-order valence-corrected chi connectivity index (χ1v) is 27.0. The van der Waals surface area contributed by atoms with Crippen LogP contribution in [-0.4, -0.2) is 19.6 Å². The van der Waals surface area contributed by atoms with Crippen LogP contribution in [0.1, 0.15) is 303 Å². The third-order valence-corrected chi connectivity index (χ3v) is 12.9. The van der Waals surface area contributed by atoms with Crippen LogP contribution in [0.5, 0.6) is 0 Å². The fourth-order valence-corrected chi connectivity index (χ4v) is 8.77. The highest BCUT2D eigenvalue weighted by Gasteiger charge is 2.17. The summed E-state index contributed by atoms with van der Waals surface area (Å²) in [5.41, 5.74) is 0. The third kappa shape index (κ3) is 49.8. The number of allylic oxidation sites excluding steroid dienone is 6. The van der Waals surface area contributed by atoms with Gasteiger partial charge < -0.3 is 17.3 Å². The lowest BCUT2D eigenvalue weighted by atomic mass is 9.98. The number of nitrogens with one attached hydrogen (secondary N) is 1. The lowest BCUT2D eigenvalue weighted by Gasteiger charge is -2.25. The number of rotatable bonds is 49. The predicted molar refractivity (Wildman–Crippen MR) is 263 cm³/mol. The Morgan fingerprint density at radius 1 is 0.276 bits per heavy atom. The molecular weight excluding hydrogens is 722 g/mol. The zero-order valence-corrected chi connectivity index (χ0v) is 41.5. The van der Waals surface area contributed by atoms with Gasteiger partial charge in [0, 0.05) is 0 Å². The molecule has 0 amide bonds. The molecule has 346 valence electrons. The molecular formula is C56H110ClN. The smallest absolute Gasteiger partial charge is 0.0872 e. The Balaban J connectivity index is 0. The summed E-state index contributed by atoms with van der Waals surface area (Å²) in [6.07, 6.45) is 76.9. The number of halogens is 1. The van der Waals surface area contributed by atoms with Crippen LogP contribution in [0.3, 0.4) is 0 Å². The standard InChI is InChI=1S/C56H109N.ClH/c1-5-8-11-14-17-20-23-26-29-32-35-38-41-44-47-50-53-56(54-51-48-45-42-39-36-33-30-27-24-21-18-15-12-9-6-2)57(4)55-52-49-46-43-40-37-34-31-28-25-22-19-16-13-10-7-3;/h26-31,56H,5-25,32-55H2,1-4H3;1H/b29-26-,30-27-,31-28-;. The Kier molecular flexibility index (Phi) is 56.0. The monoisotopic (exact) mass is 832 g/mol. The minimum Gasteiger partial charge on any atom is -1.00 e. The molecule has 0 rings (SSSR count). The van der Waals surface area contributed by atoms with Crippen LogP contribution in [0.4, 0.5) is 0 Å². The van der Waals surface area contributed by atoms with Gasteiger partial charge in [-0.3, -0.25) is 0 Å². The molecule has 1 nitrogen and oxygen atoms in total. The molecule has 0 aromatic carbocycles. The second kappa shape index (κ2) is 54.5. The Labute approximate surface area is 375 Å². The van der Waals surface area contributed by atoms with E-state index in [1.54, 1.807) is 0 Å². The van der Waals surface area contributed by atoms with E-state index < -0.39 is 0 Å². The van der Waals surface area contributed by atoms with E-state index in [0.29, 0.717) is 0 Å². The van der Waals surface area contributed by atoms with E-state index in [2.05, 4.69) is 64.3 Å². The van der Waals surface area contributed by atoms with Crippen molar-refractivity contribution in [3.63, 3.8) is 0 Å². The van der Waals surface area contributed by atoms with Crippen molar-refractivity contribution in [3.8, 4) is 0 Å². The van der Waals surface area contributed by atoms with Gasteiger partial charge in [0.15, 0.2) is 0 Å². The van der Waals surface area contributed by atoms with E-state index in [0.717, 1.165) is 6.04 Å². The second-order valence-electron chi connectivity index (χ2n) is 18.7. The van der Waals surface area contributed by atoms with Crippen molar-refractivity contribution in [2.75, 3.05) is 13.6 Å². The molecule has 0 heterocycles. The zero-order valence-electron chi connectivity index (χ0n) is 40.7. The van der Waals surface area contributed by atoms with Crippen LogP contribution in [-0.2, 0) is 0 Å². The summed E-state index contributed by atoms with van der Waals surface area (Å²) in [5, 5.41) is 0. The SMILES string of the molecule is CCCCCCCC/C=C\CCCCCCCCC(CCCCCCCC/C=C\CCCCCCCC)[NH+](C)CCCCCCCC/C=C\CCCCCCCC.[Cl-]. The van der Waals surface area contributed by atoms with Gasteiger partial charge in [-0.25, -0.2) is 0 Å². The van der Waals surface area contributed by atoms with Crippen LogP contribution < -0.4 is 17.3 Å². The molecule has 0 saturated carbocycles. The van der Waals surface area contributed by atoms with Crippen LogP contribution in [0.15, 0.2) is 36.5 Å². The highest BCUT2D eigenvalue weighted by Crippen LogP contribution is 2.16. The maximum absolute atomic E-state index is 2.54. The van der Waals surface area contributed by atoms with Gasteiger partial charge in [0.2, 0.25) is 0 Å². The molecule has 0 saturated heterocycles. The fourth-order valence-electron chi connectivity index (χ4n) is 8.77. The van der Waals surface area contributed by atoms with Gasteiger partial charge in [0.1, 0.15) is 0 Å². The summed E-state index contributed by atoms with van der Waals surface area (Å²) >= 11 is 0. The third-order valence-electron chi connectivity index (χ3n) is 12.9. The Morgan fingerprint density at radius 2 is 0.483 bits per heavy atom. The Bertz CT molecular complexity index is 758. The summed E-state index contributed by atoms with van der Waals surface area (Å²) in [7, 11) is 2.54. The summed E-state index contributed by atoms with van der Waals surface area (Å²) in [6.45, 7) is 8.32. The summed E-state index contributed by atoms with van der Waals surface area (Å²) in [5.74, 6) is 0. The van der Waals surface area contributed by atoms with Gasteiger partial charge >= 0.3 is 0 Å². The molecule has 0 aromatic heterocycles. The average Bonchev–Trinajstić information content (AvgIpc) is 3.22. The molecule has 0 fully saturated rings. The lowest BCUT2D eigenvalue weighted by Crippen LogP contribution is -3.13. The molecule has 2 heteroatoms. The summed E-state index contributed by atoms with van der Waals surface area (Å²) < 4.78 is 0. The highest BCUT2D eigenvalue weighted by molar-refractivity contribution is 4.82. The maximum Gasteiger partial charge on any atom is 0.0872 e. The van der Waals surface area contributed by atoms with E-state index in [1.807, 2.05) is 4.90 Å². The van der Waals surface area contributed by atoms with Crippen molar-refractivity contribution >= 4 is 0 Å². The molecule has 0 aliphatic rings. The van der Waals surface area contributed by atoms with Crippen LogP contribution in [0, 0.1) is 0 Å². The number of hydrogen-bond donors (Lipinski definition) is 1.